The van der Waals surface area contributed by atoms with Crippen molar-refractivity contribution in [2.24, 2.45) is 5.92 Å². The fraction of sp³-hybridized carbons (Fsp3) is 0.467. The Morgan fingerprint density at radius 1 is 1.37 bits per heavy atom. The topological polar surface area (TPSA) is 49.0 Å². The van der Waals surface area contributed by atoms with E-state index in [0.717, 1.165) is 23.4 Å². The second-order valence-electron chi connectivity index (χ2n) is 5.37. The van der Waals surface area contributed by atoms with Crippen molar-refractivity contribution < 1.29 is 4.79 Å². The molecule has 0 atom stereocenters. The zero-order valence-electron chi connectivity index (χ0n) is 11.8. The molecule has 1 aromatic carbocycles. The van der Waals surface area contributed by atoms with Gasteiger partial charge in [-0.3, -0.25) is 4.79 Å². The number of carbonyl (C=O) groups is 1. The third-order valence-corrected chi connectivity index (χ3v) is 3.08. The lowest BCUT2D eigenvalue weighted by Gasteiger charge is -2.18. The molecule has 0 spiro atoms. The Hall–Kier alpha value is -1.84. The summed E-state index contributed by atoms with van der Waals surface area (Å²) in [6.07, 6.45) is 1.17. The number of hydrogen-bond donors (Lipinski definition) is 1. The molecule has 0 saturated carbocycles. The number of aryl methyl sites for hydroxylation is 1. The molecule has 1 amide bonds. The molecule has 102 valence electrons. The average Bonchev–Trinajstić information content (AvgIpc) is 2.77. The molecule has 0 unspecified atom stereocenters. The zero-order valence-corrected chi connectivity index (χ0v) is 11.8. The van der Waals surface area contributed by atoms with Crippen LogP contribution in [0.4, 0.5) is 0 Å². The van der Waals surface area contributed by atoms with Gasteiger partial charge >= 0.3 is 0 Å². The van der Waals surface area contributed by atoms with Crippen LogP contribution in [0.25, 0.3) is 11.0 Å². The maximum Gasteiger partial charge on any atom is 0.222 e. The first-order chi connectivity index (χ1) is 9.06. The van der Waals surface area contributed by atoms with E-state index in [1.807, 2.05) is 31.3 Å². The molecular weight excluding hydrogens is 238 g/mol. The largest absolute Gasteiger partial charge is 0.345 e. The summed E-state index contributed by atoms with van der Waals surface area (Å²) in [4.78, 5) is 21.5. The van der Waals surface area contributed by atoms with Gasteiger partial charge in [-0.1, -0.05) is 26.0 Å². The van der Waals surface area contributed by atoms with Crippen LogP contribution < -0.4 is 0 Å². The minimum Gasteiger partial charge on any atom is -0.345 e. The molecule has 1 heterocycles. The van der Waals surface area contributed by atoms with Gasteiger partial charge in [0.05, 0.1) is 11.0 Å². The Morgan fingerprint density at radius 3 is 2.79 bits per heavy atom. The van der Waals surface area contributed by atoms with E-state index in [0.29, 0.717) is 18.8 Å². The van der Waals surface area contributed by atoms with Gasteiger partial charge in [-0.25, -0.2) is 4.98 Å². The molecule has 19 heavy (non-hydrogen) atoms. The van der Waals surface area contributed by atoms with E-state index in [1.54, 1.807) is 4.90 Å². The summed E-state index contributed by atoms with van der Waals surface area (Å²) in [5, 5.41) is 0. The summed E-state index contributed by atoms with van der Waals surface area (Å²) in [6, 6.07) is 7.92. The van der Waals surface area contributed by atoms with E-state index >= 15 is 0 Å². The predicted molar refractivity (Wildman–Crippen MR) is 76.9 cm³/mol. The van der Waals surface area contributed by atoms with Gasteiger partial charge in [-0.2, -0.15) is 0 Å². The second-order valence-corrected chi connectivity index (χ2v) is 5.37. The third kappa shape index (κ3) is 3.56. The summed E-state index contributed by atoms with van der Waals surface area (Å²) < 4.78 is 0. The molecule has 1 N–H and O–H groups in total. The van der Waals surface area contributed by atoms with E-state index in [9.17, 15) is 4.79 Å². The highest BCUT2D eigenvalue weighted by molar-refractivity contribution is 5.77. The molecule has 2 rings (SSSR count). The smallest absolute Gasteiger partial charge is 0.222 e. The monoisotopic (exact) mass is 259 g/mol. The summed E-state index contributed by atoms with van der Waals surface area (Å²) in [7, 11) is 1.86. The van der Waals surface area contributed by atoms with Crippen molar-refractivity contribution in [2.75, 3.05) is 13.6 Å². The van der Waals surface area contributed by atoms with E-state index in [-0.39, 0.29) is 5.91 Å². The fourth-order valence-corrected chi connectivity index (χ4v) is 2.19. The number of nitrogens with one attached hydrogen (secondary N) is 1. The molecule has 0 aliphatic carbocycles. The van der Waals surface area contributed by atoms with Crippen molar-refractivity contribution in [3.8, 4) is 0 Å². The molecule has 0 saturated heterocycles. The van der Waals surface area contributed by atoms with Crippen molar-refractivity contribution in [2.45, 2.75) is 26.7 Å². The van der Waals surface area contributed by atoms with Gasteiger partial charge in [0.25, 0.3) is 0 Å². The Kier molecular flexibility index (Phi) is 4.20. The number of H-pyrrole nitrogens is 1. The number of benzene rings is 1. The third-order valence-electron chi connectivity index (χ3n) is 3.08. The first-order valence-corrected chi connectivity index (χ1v) is 6.74. The maximum absolute atomic E-state index is 12.0. The highest BCUT2D eigenvalue weighted by Crippen LogP contribution is 2.11. The van der Waals surface area contributed by atoms with Crippen LogP contribution in [0.1, 0.15) is 26.1 Å². The van der Waals surface area contributed by atoms with Crippen molar-refractivity contribution in [1.29, 1.82) is 0 Å². The van der Waals surface area contributed by atoms with Crippen LogP contribution in [-0.2, 0) is 11.2 Å². The molecule has 4 nitrogen and oxygen atoms in total. The SMILES string of the molecule is CC(C)CN(C)C(=O)CCc1nc2ccccc2[nH]1. The van der Waals surface area contributed by atoms with Gasteiger partial charge in [0.1, 0.15) is 5.82 Å². The minimum absolute atomic E-state index is 0.175. The number of carbonyl (C=O) groups excluding carboxylic acids is 1. The van der Waals surface area contributed by atoms with Gasteiger partial charge in [-0.15, -0.1) is 0 Å². The van der Waals surface area contributed by atoms with Gasteiger partial charge in [0, 0.05) is 26.4 Å². The minimum atomic E-state index is 0.175. The number of para-hydroxylation sites is 2. The van der Waals surface area contributed by atoms with Gasteiger partial charge in [0.2, 0.25) is 5.91 Å². The highest BCUT2D eigenvalue weighted by Gasteiger charge is 2.11. The quantitative estimate of drug-likeness (QED) is 0.897. The fourth-order valence-electron chi connectivity index (χ4n) is 2.19. The van der Waals surface area contributed by atoms with Crippen LogP contribution in [-0.4, -0.2) is 34.4 Å². The lowest BCUT2D eigenvalue weighted by molar-refractivity contribution is -0.130. The molecule has 0 bridgehead atoms. The zero-order chi connectivity index (χ0) is 13.8. The molecule has 0 aliphatic heterocycles. The number of amides is 1. The molecular formula is C15H21N3O. The molecule has 0 fully saturated rings. The Bertz CT molecular complexity index is 526. The molecule has 0 radical (unpaired) electrons. The number of nitrogens with zero attached hydrogens (tertiary/aromatic N) is 2. The van der Waals surface area contributed by atoms with Crippen LogP contribution in [0.2, 0.25) is 0 Å². The summed E-state index contributed by atoms with van der Waals surface area (Å²) in [5.41, 5.74) is 1.99. The number of rotatable bonds is 5. The number of hydrogen-bond acceptors (Lipinski definition) is 2. The first kappa shape index (κ1) is 13.6. The van der Waals surface area contributed by atoms with Crippen molar-refractivity contribution in [3.63, 3.8) is 0 Å². The summed E-state index contributed by atoms with van der Waals surface area (Å²) in [5.74, 6) is 1.56. The van der Waals surface area contributed by atoms with E-state index < -0.39 is 0 Å². The molecule has 0 aliphatic rings. The van der Waals surface area contributed by atoms with Gasteiger partial charge < -0.3 is 9.88 Å². The van der Waals surface area contributed by atoms with Gasteiger partial charge in [-0.05, 0) is 18.1 Å². The van der Waals surface area contributed by atoms with Crippen LogP contribution in [0.5, 0.6) is 0 Å². The number of aromatic nitrogens is 2. The van der Waals surface area contributed by atoms with Crippen molar-refractivity contribution in [3.05, 3.63) is 30.1 Å². The molecule has 2 aromatic rings. The number of fused-ring (bicyclic) bond motifs is 1. The van der Waals surface area contributed by atoms with E-state index in [2.05, 4.69) is 23.8 Å². The lowest BCUT2D eigenvalue weighted by Crippen LogP contribution is -2.30. The van der Waals surface area contributed by atoms with Crippen molar-refractivity contribution >= 4 is 16.9 Å². The second kappa shape index (κ2) is 5.87. The van der Waals surface area contributed by atoms with Crippen LogP contribution in [0.15, 0.2) is 24.3 Å². The first-order valence-electron chi connectivity index (χ1n) is 6.74. The van der Waals surface area contributed by atoms with E-state index in [1.165, 1.54) is 0 Å². The maximum atomic E-state index is 12.0. The predicted octanol–water partition coefficient (Wildman–Crippen LogP) is 2.61. The van der Waals surface area contributed by atoms with Crippen molar-refractivity contribution in [1.82, 2.24) is 14.9 Å². The lowest BCUT2D eigenvalue weighted by atomic mass is 10.2. The van der Waals surface area contributed by atoms with E-state index in [4.69, 9.17) is 0 Å². The van der Waals surface area contributed by atoms with Crippen LogP contribution in [0.3, 0.4) is 0 Å². The Labute approximate surface area is 113 Å². The normalized spacial score (nSPS) is 11.2. The molecule has 4 heteroatoms. The van der Waals surface area contributed by atoms with Crippen LogP contribution >= 0.6 is 0 Å². The summed E-state index contributed by atoms with van der Waals surface area (Å²) >= 11 is 0. The standard InChI is InChI=1S/C15H21N3O/c1-11(2)10-18(3)15(19)9-8-14-16-12-6-4-5-7-13(12)17-14/h4-7,11H,8-10H2,1-3H3,(H,16,17). The van der Waals surface area contributed by atoms with Gasteiger partial charge in [0.15, 0.2) is 0 Å². The Morgan fingerprint density at radius 2 is 2.11 bits per heavy atom. The highest BCUT2D eigenvalue weighted by atomic mass is 16.2. The number of imidazole rings is 1. The van der Waals surface area contributed by atoms with Crippen LogP contribution in [0, 0.1) is 5.92 Å². The summed E-state index contributed by atoms with van der Waals surface area (Å²) in [6.45, 7) is 5.03. The number of aromatic amines is 1. The molecule has 1 aromatic heterocycles. The Balaban J connectivity index is 1.93. The average molecular weight is 259 g/mol.